The molecule has 2 saturated heterocycles. The molecule has 5 aromatic rings. The normalized spacial score (nSPS) is 23.5. The number of aliphatic hydroxyl groups is 1. The number of H-pyrrole nitrogens is 1. The molecule has 3 aromatic heterocycles. The lowest BCUT2D eigenvalue weighted by Crippen LogP contribution is -2.60. The third-order valence-electron chi connectivity index (χ3n) is 15.7. The predicted molar refractivity (Wildman–Crippen MR) is 261 cm³/mol. The van der Waals surface area contributed by atoms with Gasteiger partial charge in [0, 0.05) is 81.4 Å². The zero-order valence-corrected chi connectivity index (χ0v) is 40.3. The number of piperidine rings is 1. The Bertz CT molecular complexity index is 2840. The van der Waals surface area contributed by atoms with Crippen LogP contribution in [-0.4, -0.2) is 106 Å². The molecule has 5 aliphatic rings. The molecule has 1 atom stereocenters. The highest BCUT2D eigenvalue weighted by atomic mass is 32.2. The highest BCUT2D eigenvalue weighted by Gasteiger charge is 2.51. The molecular weight excluding hydrogens is 902 g/mol. The fourth-order valence-corrected chi connectivity index (χ4v) is 12.3. The number of nitro groups is 1. The van der Waals surface area contributed by atoms with Crippen molar-refractivity contribution in [3.05, 3.63) is 106 Å². The number of nitrogens with zero attached hydrogens (tertiary/aromatic N) is 6. The summed E-state index contributed by atoms with van der Waals surface area (Å²) >= 11 is 0. The van der Waals surface area contributed by atoms with E-state index in [1.54, 1.807) is 19.1 Å². The van der Waals surface area contributed by atoms with E-state index in [-0.39, 0.29) is 39.6 Å². The maximum Gasteiger partial charge on any atom is 0.312 e. The predicted octanol–water partition coefficient (Wildman–Crippen LogP) is 8.66. The Morgan fingerprint density at radius 1 is 0.986 bits per heavy atom. The number of hydrogen-bond donors (Lipinski definition) is 4. The van der Waals surface area contributed by atoms with Crippen LogP contribution >= 0.6 is 0 Å². The van der Waals surface area contributed by atoms with E-state index in [9.17, 15) is 32.8 Å². The average Bonchev–Trinajstić information content (AvgIpc) is 4.12. The molecule has 2 aromatic carbocycles. The van der Waals surface area contributed by atoms with Crippen molar-refractivity contribution in [3.63, 3.8) is 0 Å². The molecule has 3 saturated carbocycles. The van der Waals surface area contributed by atoms with Crippen molar-refractivity contribution < 1.29 is 32.4 Å². The Labute approximate surface area is 402 Å². The molecule has 2 aliphatic heterocycles. The summed E-state index contributed by atoms with van der Waals surface area (Å²) < 4.78 is 50.5. The van der Waals surface area contributed by atoms with Crippen LogP contribution in [0, 0.1) is 27.3 Å². The Morgan fingerprint density at radius 2 is 1.74 bits per heavy atom. The lowest BCUT2D eigenvalue weighted by Gasteiger charge is -2.58. The van der Waals surface area contributed by atoms with Crippen molar-refractivity contribution in [1.82, 2.24) is 29.5 Å². The highest BCUT2D eigenvalue weighted by Crippen LogP contribution is 2.54. The molecule has 16 nitrogen and oxygen atoms in total. The first-order chi connectivity index (χ1) is 33.0. The molecule has 0 unspecified atom stereocenters. The quantitative estimate of drug-likeness (QED) is 0.0610. The second-order valence-corrected chi connectivity index (χ2v) is 22.5. The SMILES string of the molecule is CC(C)c1ccccc1[C@@H]1CN(C2CC2)CCN1C1CC2(CCN(c3ccc(C(=O)NS(=O)(=O)c4cnc(NCC5CCC(C)(O)CC5)c([N+](=O)[O-])c4)c(Oc4cnc5[nH]cc(F)c5c4)c3)CC2)C1. The van der Waals surface area contributed by atoms with Crippen molar-refractivity contribution in [1.29, 1.82) is 0 Å². The average molecular weight is 964 g/mol. The van der Waals surface area contributed by atoms with E-state index in [2.05, 4.69) is 77.8 Å². The molecule has 69 heavy (non-hydrogen) atoms. The summed E-state index contributed by atoms with van der Waals surface area (Å²) in [5, 5.41) is 25.6. The number of aromatic nitrogens is 3. The molecule has 18 heteroatoms. The number of ether oxygens (including phenoxy) is 1. The van der Waals surface area contributed by atoms with Gasteiger partial charge >= 0.3 is 5.69 Å². The van der Waals surface area contributed by atoms with Crippen LogP contribution in [0.2, 0.25) is 0 Å². The number of pyridine rings is 2. The number of sulfonamides is 1. The standard InChI is InChI=1S/C51H62FN9O7S/c1-32(2)39-6-4-5-7-40(39)45-31-59(34-8-9-34)20-21-60(45)36-25-51(26-36)16-18-58(19-17-51)35-10-11-41(46(22-35)68-37-23-42-43(52)30-56-47(42)54-28-37)49(62)57-69(66,67)38-24-44(61(64)65)48(55-29-38)53-27-33-12-14-50(3,63)15-13-33/h4-7,10-11,22-24,28-30,32-34,36,45,63H,8-9,12-21,25-27,31H2,1-3H3,(H,53,55)(H,54,56)(H,57,62)/t33?,45-,50?/m0/s1. The van der Waals surface area contributed by atoms with Crippen LogP contribution in [0.15, 0.2) is 78.1 Å². The Kier molecular flexibility index (Phi) is 12.7. The number of piperazine rings is 1. The monoisotopic (exact) mass is 963 g/mol. The molecule has 0 radical (unpaired) electrons. The van der Waals surface area contributed by atoms with Gasteiger partial charge in [0.2, 0.25) is 5.82 Å². The molecule has 1 amide bonds. The van der Waals surface area contributed by atoms with E-state index in [1.165, 1.54) is 48.5 Å². The number of benzene rings is 2. The second-order valence-electron chi connectivity index (χ2n) is 20.9. The molecule has 4 N–H and O–H groups in total. The number of carbonyl (C=O) groups excluding carboxylic acids is 1. The van der Waals surface area contributed by atoms with Crippen molar-refractivity contribution in [2.24, 2.45) is 11.3 Å². The molecule has 0 bridgehead atoms. The van der Waals surface area contributed by atoms with Crippen LogP contribution in [-0.2, 0) is 10.0 Å². The van der Waals surface area contributed by atoms with E-state index in [1.807, 2.05) is 0 Å². The number of halogens is 1. The van der Waals surface area contributed by atoms with Crippen LogP contribution in [0.3, 0.4) is 0 Å². The van der Waals surface area contributed by atoms with E-state index in [0.29, 0.717) is 43.0 Å². The summed E-state index contributed by atoms with van der Waals surface area (Å²) in [6, 6.07) is 17.9. The molecule has 3 aliphatic carbocycles. The van der Waals surface area contributed by atoms with Crippen LogP contribution < -0.4 is 19.7 Å². The van der Waals surface area contributed by atoms with Gasteiger partial charge in [-0.15, -0.1) is 0 Å². The zero-order chi connectivity index (χ0) is 48.2. The largest absolute Gasteiger partial charge is 0.455 e. The summed E-state index contributed by atoms with van der Waals surface area (Å²) in [6.45, 7) is 11.6. The second kappa shape index (κ2) is 18.6. The van der Waals surface area contributed by atoms with Crippen LogP contribution in [0.4, 0.5) is 21.6 Å². The highest BCUT2D eigenvalue weighted by molar-refractivity contribution is 7.90. The molecule has 1 spiro atoms. The van der Waals surface area contributed by atoms with Crippen LogP contribution in [0.5, 0.6) is 11.5 Å². The van der Waals surface area contributed by atoms with E-state index in [0.717, 1.165) is 95.2 Å². The molecule has 366 valence electrons. The third kappa shape index (κ3) is 9.90. The van der Waals surface area contributed by atoms with Crippen molar-refractivity contribution in [2.75, 3.05) is 49.5 Å². The van der Waals surface area contributed by atoms with E-state index >= 15 is 0 Å². The van der Waals surface area contributed by atoms with Crippen LogP contribution in [0.25, 0.3) is 11.0 Å². The number of rotatable bonds is 14. The maximum absolute atomic E-state index is 14.7. The minimum atomic E-state index is -4.69. The summed E-state index contributed by atoms with van der Waals surface area (Å²) in [6.07, 6.45) is 13.1. The van der Waals surface area contributed by atoms with Gasteiger partial charge in [-0.05, 0) is 118 Å². The minimum absolute atomic E-state index is 0.0206. The van der Waals surface area contributed by atoms with Gasteiger partial charge in [-0.25, -0.2) is 27.5 Å². The van der Waals surface area contributed by atoms with E-state index in [4.69, 9.17) is 4.74 Å². The fraction of sp³-hybridized carbons (Fsp3) is 0.510. The smallest absolute Gasteiger partial charge is 0.312 e. The van der Waals surface area contributed by atoms with Gasteiger partial charge in [0.05, 0.1) is 33.9 Å². The lowest BCUT2D eigenvalue weighted by molar-refractivity contribution is -0.384. The summed E-state index contributed by atoms with van der Waals surface area (Å²) in [5.41, 5.74) is 2.81. The maximum atomic E-state index is 14.7. The van der Waals surface area contributed by atoms with Gasteiger partial charge in [0.1, 0.15) is 27.9 Å². The molecule has 10 rings (SSSR count). The number of amides is 1. The molecular formula is C51H62FN9O7S. The van der Waals surface area contributed by atoms with Gasteiger partial charge in [-0.3, -0.25) is 24.7 Å². The Hall–Kier alpha value is -5.69. The van der Waals surface area contributed by atoms with Crippen molar-refractivity contribution >= 4 is 44.2 Å². The van der Waals surface area contributed by atoms with Gasteiger partial charge < -0.3 is 25.0 Å². The molecule has 5 fully saturated rings. The summed E-state index contributed by atoms with van der Waals surface area (Å²) in [4.78, 5) is 43.8. The van der Waals surface area contributed by atoms with Gasteiger partial charge in [-0.1, -0.05) is 38.1 Å². The first-order valence-corrected chi connectivity index (χ1v) is 26.0. The number of fused-ring (bicyclic) bond motifs is 1. The van der Waals surface area contributed by atoms with Gasteiger partial charge in [0.15, 0.2) is 0 Å². The van der Waals surface area contributed by atoms with E-state index < -0.39 is 42.9 Å². The number of hydrogen-bond acceptors (Lipinski definition) is 13. The number of nitrogens with one attached hydrogen (secondary N) is 3. The topological polar surface area (TPSA) is 199 Å². The first kappa shape index (κ1) is 47.0. The van der Waals surface area contributed by atoms with Gasteiger partial charge in [0.25, 0.3) is 15.9 Å². The Balaban J connectivity index is 0.844. The lowest BCUT2D eigenvalue weighted by atomic mass is 9.59. The Morgan fingerprint density at radius 3 is 2.46 bits per heavy atom. The fourth-order valence-electron chi connectivity index (χ4n) is 11.4. The number of aromatic amines is 1. The van der Waals surface area contributed by atoms with Crippen molar-refractivity contribution in [3.8, 4) is 11.5 Å². The summed E-state index contributed by atoms with van der Waals surface area (Å²) in [7, 11) is -4.69. The van der Waals surface area contributed by atoms with Crippen molar-refractivity contribution in [2.45, 2.75) is 120 Å². The summed E-state index contributed by atoms with van der Waals surface area (Å²) in [5.74, 6) is -0.928. The number of carbonyl (C=O) groups is 1. The third-order valence-corrected chi connectivity index (χ3v) is 17.0. The zero-order valence-electron chi connectivity index (χ0n) is 39.5. The minimum Gasteiger partial charge on any atom is -0.455 e. The number of anilines is 2. The van der Waals surface area contributed by atoms with Crippen LogP contribution in [0.1, 0.15) is 118 Å². The first-order valence-electron chi connectivity index (χ1n) is 24.5. The van der Waals surface area contributed by atoms with Gasteiger partial charge in [-0.2, -0.15) is 0 Å². The molecule has 5 heterocycles.